The number of hydrogen-bond donors (Lipinski definition) is 1. The molecule has 0 aliphatic heterocycles. The third kappa shape index (κ3) is 6.94. The smallest absolute Gasteiger partial charge is 0.232 e. The van der Waals surface area contributed by atoms with E-state index in [1.54, 1.807) is 4.90 Å². The van der Waals surface area contributed by atoms with E-state index < -0.39 is 0 Å². The highest BCUT2D eigenvalue weighted by atomic mass is 35.5. The Bertz CT molecular complexity index is 468. The molecule has 0 unspecified atom stereocenters. The van der Waals surface area contributed by atoms with Crippen LogP contribution < -0.4 is 5.32 Å². The van der Waals surface area contributed by atoms with Crippen molar-refractivity contribution >= 4 is 23.4 Å². The lowest BCUT2D eigenvalue weighted by molar-refractivity contribution is -0.136. The molecular formula is C17H25ClN2O2. The molecule has 122 valence electrons. The Morgan fingerprint density at radius 3 is 2.23 bits per heavy atom. The highest BCUT2D eigenvalue weighted by Gasteiger charge is 2.15. The van der Waals surface area contributed by atoms with Gasteiger partial charge in [-0.3, -0.25) is 9.59 Å². The zero-order valence-corrected chi connectivity index (χ0v) is 14.2. The highest BCUT2D eigenvalue weighted by molar-refractivity contribution is 6.30. The van der Waals surface area contributed by atoms with Gasteiger partial charge >= 0.3 is 0 Å². The minimum absolute atomic E-state index is 0.0688. The third-order valence-electron chi connectivity index (χ3n) is 3.30. The van der Waals surface area contributed by atoms with Gasteiger partial charge in [0.1, 0.15) is 6.42 Å². The molecule has 0 aliphatic rings. The molecule has 0 fully saturated rings. The fraction of sp³-hybridized carbons (Fsp3) is 0.529. The summed E-state index contributed by atoms with van der Waals surface area (Å²) >= 11 is 5.82. The molecule has 1 rings (SSSR count). The van der Waals surface area contributed by atoms with E-state index >= 15 is 0 Å². The van der Waals surface area contributed by atoms with Crippen LogP contribution in [0.1, 0.15) is 38.7 Å². The van der Waals surface area contributed by atoms with Crippen molar-refractivity contribution in [1.82, 2.24) is 10.2 Å². The molecule has 0 spiro atoms. The highest BCUT2D eigenvalue weighted by Crippen LogP contribution is 2.09. The maximum absolute atomic E-state index is 12.1. The number of benzene rings is 1. The Balaban J connectivity index is 2.32. The molecule has 0 bridgehead atoms. The fourth-order valence-corrected chi connectivity index (χ4v) is 2.34. The second-order valence-electron chi connectivity index (χ2n) is 5.28. The Morgan fingerprint density at radius 2 is 1.68 bits per heavy atom. The van der Waals surface area contributed by atoms with E-state index in [1.807, 2.05) is 38.1 Å². The fourth-order valence-electron chi connectivity index (χ4n) is 2.21. The van der Waals surface area contributed by atoms with Crippen molar-refractivity contribution in [2.24, 2.45) is 0 Å². The Labute approximate surface area is 137 Å². The Kier molecular flexibility index (Phi) is 8.60. The molecule has 1 N–H and O–H groups in total. The summed E-state index contributed by atoms with van der Waals surface area (Å²) in [5.41, 5.74) is 1.11. The van der Waals surface area contributed by atoms with Crippen LogP contribution in [0.4, 0.5) is 0 Å². The molecule has 4 nitrogen and oxygen atoms in total. The first-order chi connectivity index (χ1) is 10.6. The van der Waals surface area contributed by atoms with Gasteiger partial charge < -0.3 is 10.2 Å². The summed E-state index contributed by atoms with van der Waals surface area (Å²) in [6.07, 6.45) is 2.47. The summed E-state index contributed by atoms with van der Waals surface area (Å²) in [6.45, 7) is 6.01. The summed E-state index contributed by atoms with van der Waals surface area (Å²) < 4.78 is 0. The van der Waals surface area contributed by atoms with Crippen molar-refractivity contribution in [2.75, 3.05) is 19.6 Å². The van der Waals surface area contributed by atoms with Crippen LogP contribution in [0, 0.1) is 0 Å². The van der Waals surface area contributed by atoms with E-state index in [0.29, 0.717) is 24.7 Å². The van der Waals surface area contributed by atoms with E-state index in [1.165, 1.54) is 0 Å². The van der Waals surface area contributed by atoms with Gasteiger partial charge in [-0.25, -0.2) is 0 Å². The van der Waals surface area contributed by atoms with Crippen LogP contribution in [0.3, 0.4) is 0 Å². The quantitative estimate of drug-likeness (QED) is 0.710. The first kappa shape index (κ1) is 18.5. The largest absolute Gasteiger partial charge is 0.355 e. The van der Waals surface area contributed by atoms with Gasteiger partial charge in [-0.15, -0.1) is 0 Å². The number of rotatable bonds is 9. The van der Waals surface area contributed by atoms with Crippen molar-refractivity contribution in [1.29, 1.82) is 0 Å². The predicted molar refractivity (Wildman–Crippen MR) is 89.9 cm³/mol. The topological polar surface area (TPSA) is 49.4 Å². The summed E-state index contributed by atoms with van der Waals surface area (Å²) in [5.74, 6) is -0.302. The third-order valence-corrected chi connectivity index (χ3v) is 3.55. The molecule has 5 heteroatoms. The Hall–Kier alpha value is -1.55. The van der Waals surface area contributed by atoms with Gasteiger partial charge in [-0.05, 0) is 37.0 Å². The van der Waals surface area contributed by atoms with Crippen LogP contribution in [0.15, 0.2) is 24.3 Å². The van der Waals surface area contributed by atoms with Crippen molar-refractivity contribution < 1.29 is 9.59 Å². The molecule has 1 aromatic carbocycles. The average Bonchev–Trinajstić information content (AvgIpc) is 2.49. The number of carbonyl (C=O) groups excluding carboxylic acids is 2. The molecule has 0 saturated carbocycles. The van der Waals surface area contributed by atoms with Crippen LogP contribution in [-0.2, 0) is 16.0 Å². The lowest BCUT2D eigenvalue weighted by atomic mass is 10.1. The van der Waals surface area contributed by atoms with Gasteiger partial charge in [0.05, 0.1) is 0 Å². The minimum Gasteiger partial charge on any atom is -0.355 e. The summed E-state index contributed by atoms with van der Waals surface area (Å²) in [4.78, 5) is 25.6. The van der Waals surface area contributed by atoms with Gasteiger partial charge in [0.2, 0.25) is 11.8 Å². The molecule has 0 aromatic heterocycles. The molecule has 1 aromatic rings. The first-order valence-electron chi connectivity index (χ1n) is 7.85. The molecular weight excluding hydrogens is 300 g/mol. The van der Waals surface area contributed by atoms with Gasteiger partial charge in [0, 0.05) is 24.7 Å². The van der Waals surface area contributed by atoms with Gasteiger partial charge in [0.25, 0.3) is 0 Å². The molecule has 2 amide bonds. The normalized spacial score (nSPS) is 10.3. The monoisotopic (exact) mass is 324 g/mol. The number of hydrogen-bond acceptors (Lipinski definition) is 2. The lowest BCUT2D eigenvalue weighted by Crippen LogP contribution is -2.37. The number of halogens is 1. The molecule has 22 heavy (non-hydrogen) atoms. The Morgan fingerprint density at radius 1 is 1.09 bits per heavy atom. The predicted octanol–water partition coefficient (Wildman–Crippen LogP) is 3.04. The SMILES string of the molecule is CCCN(CCC)C(=O)CC(=O)NCCc1ccc(Cl)cc1. The zero-order chi connectivity index (χ0) is 16.4. The number of nitrogens with zero attached hydrogens (tertiary/aromatic N) is 1. The van der Waals surface area contributed by atoms with Crippen molar-refractivity contribution in [2.45, 2.75) is 39.5 Å². The first-order valence-corrected chi connectivity index (χ1v) is 8.23. The van der Waals surface area contributed by atoms with Crippen LogP contribution >= 0.6 is 11.6 Å². The lowest BCUT2D eigenvalue weighted by Gasteiger charge is -2.21. The maximum Gasteiger partial charge on any atom is 0.232 e. The van der Waals surface area contributed by atoms with Crippen molar-refractivity contribution in [3.63, 3.8) is 0 Å². The van der Waals surface area contributed by atoms with Crippen LogP contribution in [0.5, 0.6) is 0 Å². The second kappa shape index (κ2) is 10.2. The molecule has 0 aliphatic carbocycles. The van der Waals surface area contributed by atoms with Crippen LogP contribution in [0.2, 0.25) is 5.02 Å². The van der Waals surface area contributed by atoms with E-state index in [2.05, 4.69) is 5.32 Å². The average molecular weight is 325 g/mol. The van der Waals surface area contributed by atoms with Crippen molar-refractivity contribution in [3.05, 3.63) is 34.9 Å². The second-order valence-corrected chi connectivity index (χ2v) is 5.72. The van der Waals surface area contributed by atoms with Crippen LogP contribution in [-0.4, -0.2) is 36.3 Å². The number of nitrogens with one attached hydrogen (secondary N) is 1. The van der Waals surface area contributed by atoms with E-state index in [4.69, 9.17) is 11.6 Å². The van der Waals surface area contributed by atoms with Gasteiger partial charge in [-0.2, -0.15) is 0 Å². The van der Waals surface area contributed by atoms with Gasteiger partial charge in [0.15, 0.2) is 0 Å². The van der Waals surface area contributed by atoms with E-state index in [9.17, 15) is 9.59 Å². The molecule has 0 atom stereocenters. The zero-order valence-electron chi connectivity index (χ0n) is 13.4. The number of carbonyl (C=O) groups is 2. The maximum atomic E-state index is 12.1. The summed E-state index contributed by atoms with van der Waals surface area (Å²) in [6, 6.07) is 7.53. The summed E-state index contributed by atoms with van der Waals surface area (Å²) in [5, 5.41) is 3.50. The number of amides is 2. The summed E-state index contributed by atoms with van der Waals surface area (Å²) in [7, 11) is 0. The van der Waals surface area contributed by atoms with Crippen LogP contribution in [0.25, 0.3) is 0 Å². The van der Waals surface area contributed by atoms with E-state index in [0.717, 1.165) is 24.8 Å². The van der Waals surface area contributed by atoms with Gasteiger partial charge in [-0.1, -0.05) is 37.6 Å². The van der Waals surface area contributed by atoms with Crippen molar-refractivity contribution in [3.8, 4) is 0 Å². The molecule has 0 heterocycles. The molecule has 0 saturated heterocycles. The standard InChI is InChI=1S/C17H25ClN2O2/c1-3-11-20(12-4-2)17(22)13-16(21)19-10-9-14-5-7-15(18)8-6-14/h5-8H,3-4,9-13H2,1-2H3,(H,19,21). The van der Waals surface area contributed by atoms with E-state index in [-0.39, 0.29) is 18.2 Å². The minimum atomic E-state index is -0.212. The molecule has 0 radical (unpaired) electrons.